The summed E-state index contributed by atoms with van der Waals surface area (Å²) >= 11 is 0. The zero-order valence-electron chi connectivity index (χ0n) is 10.2. The molecule has 18 heavy (non-hydrogen) atoms. The van der Waals surface area contributed by atoms with Gasteiger partial charge in [-0.3, -0.25) is 4.79 Å². The van der Waals surface area contributed by atoms with Gasteiger partial charge in [-0.15, -0.1) is 0 Å². The van der Waals surface area contributed by atoms with Crippen molar-refractivity contribution in [2.45, 2.75) is 20.3 Å². The molecule has 0 spiro atoms. The first-order valence-electron chi connectivity index (χ1n) is 5.60. The fourth-order valence-corrected chi connectivity index (χ4v) is 1.70. The van der Waals surface area contributed by atoms with Crippen LogP contribution in [0.1, 0.15) is 19.0 Å². The van der Waals surface area contributed by atoms with Crippen molar-refractivity contribution in [2.75, 3.05) is 11.9 Å². The summed E-state index contributed by atoms with van der Waals surface area (Å²) in [5.74, 6) is -0.179. The predicted octanol–water partition coefficient (Wildman–Crippen LogP) is 1.45. The third kappa shape index (κ3) is 2.55. The van der Waals surface area contributed by atoms with Crippen LogP contribution in [-0.4, -0.2) is 32.7 Å². The van der Waals surface area contributed by atoms with Crippen LogP contribution in [-0.2, 0) is 4.79 Å². The number of carboxylic acids is 1. The number of aryl methyl sites for hydroxylation is 1. The van der Waals surface area contributed by atoms with E-state index < -0.39 is 5.97 Å². The topological polar surface area (TPSA) is 101 Å². The van der Waals surface area contributed by atoms with Crippen LogP contribution >= 0.6 is 0 Å². The van der Waals surface area contributed by atoms with Crippen molar-refractivity contribution >= 4 is 22.9 Å². The van der Waals surface area contributed by atoms with E-state index in [1.807, 2.05) is 6.92 Å². The average molecular weight is 250 g/mol. The third-order valence-corrected chi connectivity index (χ3v) is 2.58. The molecule has 0 aliphatic heterocycles. The Morgan fingerprint density at radius 3 is 3.06 bits per heavy atom. The molecular formula is C11H14N4O3. The van der Waals surface area contributed by atoms with E-state index in [-0.39, 0.29) is 12.3 Å². The van der Waals surface area contributed by atoms with Crippen molar-refractivity contribution < 1.29 is 14.4 Å². The summed E-state index contributed by atoms with van der Waals surface area (Å²) in [5, 5.41) is 16.3. The molecule has 1 unspecified atom stereocenters. The van der Waals surface area contributed by atoms with E-state index in [4.69, 9.17) is 9.63 Å². The largest absolute Gasteiger partial charge is 0.481 e. The Kier molecular flexibility index (Phi) is 3.40. The lowest BCUT2D eigenvalue weighted by atomic mass is 10.1. The van der Waals surface area contributed by atoms with Crippen LogP contribution in [0.4, 0.5) is 5.82 Å². The van der Waals surface area contributed by atoms with Gasteiger partial charge in [0, 0.05) is 13.0 Å². The van der Waals surface area contributed by atoms with E-state index >= 15 is 0 Å². The van der Waals surface area contributed by atoms with E-state index in [1.165, 1.54) is 6.33 Å². The maximum Gasteiger partial charge on any atom is 0.303 e. The van der Waals surface area contributed by atoms with Crippen LogP contribution in [0.2, 0.25) is 0 Å². The second kappa shape index (κ2) is 4.99. The zero-order valence-corrected chi connectivity index (χ0v) is 10.2. The first-order chi connectivity index (χ1) is 8.58. The number of hydrogen-bond donors (Lipinski definition) is 2. The number of fused-ring (bicyclic) bond motifs is 1. The molecule has 1 atom stereocenters. The maximum absolute atomic E-state index is 10.6. The summed E-state index contributed by atoms with van der Waals surface area (Å²) in [4.78, 5) is 18.7. The minimum atomic E-state index is -0.807. The van der Waals surface area contributed by atoms with Crippen molar-refractivity contribution in [1.29, 1.82) is 0 Å². The van der Waals surface area contributed by atoms with Crippen molar-refractivity contribution in [1.82, 2.24) is 15.1 Å². The smallest absolute Gasteiger partial charge is 0.303 e. The molecule has 0 aliphatic rings. The minimum absolute atomic E-state index is 0.00711. The molecule has 0 fully saturated rings. The molecule has 7 nitrogen and oxygen atoms in total. The number of hydrogen-bond acceptors (Lipinski definition) is 6. The first kappa shape index (κ1) is 12.3. The number of anilines is 1. The Morgan fingerprint density at radius 1 is 1.56 bits per heavy atom. The van der Waals surface area contributed by atoms with Crippen LogP contribution < -0.4 is 5.32 Å². The highest BCUT2D eigenvalue weighted by atomic mass is 16.5. The molecule has 0 saturated heterocycles. The summed E-state index contributed by atoms with van der Waals surface area (Å²) in [6, 6.07) is 0. The van der Waals surface area contributed by atoms with Gasteiger partial charge in [-0.2, -0.15) is 4.98 Å². The number of aromatic nitrogens is 3. The van der Waals surface area contributed by atoms with Crippen LogP contribution in [0.3, 0.4) is 0 Å². The molecule has 0 aromatic carbocycles. The number of rotatable bonds is 5. The van der Waals surface area contributed by atoms with Gasteiger partial charge in [0.25, 0.3) is 5.71 Å². The monoisotopic (exact) mass is 250 g/mol. The normalized spacial score (nSPS) is 12.6. The molecule has 0 radical (unpaired) electrons. The number of carboxylic acid groups (broad SMARTS) is 1. The highest BCUT2D eigenvalue weighted by Gasteiger charge is 2.13. The molecule has 0 aliphatic carbocycles. The van der Waals surface area contributed by atoms with E-state index in [0.29, 0.717) is 23.8 Å². The van der Waals surface area contributed by atoms with E-state index in [1.54, 1.807) is 6.92 Å². The third-order valence-electron chi connectivity index (χ3n) is 2.58. The maximum atomic E-state index is 10.6. The SMILES string of the molecule is Cc1noc2ncnc(NCC(C)CC(=O)O)c12. The van der Waals surface area contributed by atoms with Crippen molar-refractivity contribution in [3.63, 3.8) is 0 Å². The Bertz CT molecular complexity index is 566. The average Bonchev–Trinajstić information content (AvgIpc) is 2.68. The molecule has 7 heteroatoms. The summed E-state index contributed by atoms with van der Waals surface area (Å²) in [6.07, 6.45) is 1.50. The quantitative estimate of drug-likeness (QED) is 0.827. The molecule has 2 rings (SSSR count). The van der Waals surface area contributed by atoms with Gasteiger partial charge in [-0.1, -0.05) is 12.1 Å². The molecule has 2 aromatic heterocycles. The molecule has 96 valence electrons. The van der Waals surface area contributed by atoms with Gasteiger partial charge in [0.1, 0.15) is 17.5 Å². The molecule has 0 amide bonds. The fraction of sp³-hybridized carbons (Fsp3) is 0.455. The lowest BCUT2D eigenvalue weighted by Crippen LogP contribution is -2.15. The highest BCUT2D eigenvalue weighted by Crippen LogP contribution is 2.22. The molecule has 0 saturated carbocycles. The zero-order chi connectivity index (χ0) is 13.1. The highest BCUT2D eigenvalue weighted by molar-refractivity contribution is 5.87. The molecule has 2 N–H and O–H groups in total. The molecule has 0 bridgehead atoms. The lowest BCUT2D eigenvalue weighted by Gasteiger charge is -2.10. The molecule has 2 aromatic rings. The van der Waals surface area contributed by atoms with Crippen LogP contribution in [0.15, 0.2) is 10.9 Å². The van der Waals surface area contributed by atoms with Gasteiger partial charge >= 0.3 is 5.97 Å². The van der Waals surface area contributed by atoms with Crippen molar-refractivity contribution in [3.05, 3.63) is 12.0 Å². The lowest BCUT2D eigenvalue weighted by molar-refractivity contribution is -0.137. The second-order valence-electron chi connectivity index (χ2n) is 4.25. The van der Waals surface area contributed by atoms with Gasteiger partial charge in [0.2, 0.25) is 0 Å². The summed E-state index contributed by atoms with van der Waals surface area (Å²) in [6.45, 7) is 4.18. The van der Waals surface area contributed by atoms with Gasteiger partial charge in [0.05, 0.1) is 5.69 Å². The standard InChI is InChI=1S/C11H14N4O3/c1-6(3-8(16)17)4-12-10-9-7(2)15-18-11(9)14-5-13-10/h5-6H,3-4H2,1-2H3,(H,16,17)(H,12,13,14). The van der Waals surface area contributed by atoms with Crippen LogP contribution in [0, 0.1) is 12.8 Å². The van der Waals surface area contributed by atoms with Crippen LogP contribution in [0.5, 0.6) is 0 Å². The Hall–Kier alpha value is -2.18. The van der Waals surface area contributed by atoms with Crippen molar-refractivity contribution in [3.8, 4) is 0 Å². The predicted molar refractivity (Wildman–Crippen MR) is 64.2 cm³/mol. The van der Waals surface area contributed by atoms with E-state index in [0.717, 1.165) is 5.39 Å². The first-order valence-corrected chi connectivity index (χ1v) is 5.60. The summed E-state index contributed by atoms with van der Waals surface area (Å²) in [7, 11) is 0. The van der Waals surface area contributed by atoms with E-state index in [2.05, 4.69) is 20.4 Å². The summed E-state index contributed by atoms with van der Waals surface area (Å²) < 4.78 is 5.03. The molecule has 2 heterocycles. The number of nitrogens with zero attached hydrogens (tertiary/aromatic N) is 3. The Labute approximate surface area is 103 Å². The minimum Gasteiger partial charge on any atom is -0.481 e. The number of nitrogens with one attached hydrogen (secondary N) is 1. The fourth-order valence-electron chi connectivity index (χ4n) is 1.70. The van der Waals surface area contributed by atoms with Gasteiger partial charge in [-0.05, 0) is 12.8 Å². The van der Waals surface area contributed by atoms with Gasteiger partial charge in [0.15, 0.2) is 0 Å². The van der Waals surface area contributed by atoms with Crippen molar-refractivity contribution in [2.24, 2.45) is 5.92 Å². The second-order valence-corrected chi connectivity index (χ2v) is 4.25. The Balaban J connectivity index is 2.12. The van der Waals surface area contributed by atoms with Crippen LogP contribution in [0.25, 0.3) is 11.1 Å². The Morgan fingerprint density at radius 2 is 2.33 bits per heavy atom. The number of carbonyl (C=O) groups is 1. The van der Waals surface area contributed by atoms with E-state index in [9.17, 15) is 4.79 Å². The summed E-state index contributed by atoms with van der Waals surface area (Å²) in [5.41, 5.74) is 1.13. The van der Waals surface area contributed by atoms with Gasteiger partial charge in [-0.25, -0.2) is 4.98 Å². The molecular weight excluding hydrogens is 236 g/mol. The van der Waals surface area contributed by atoms with Gasteiger partial charge < -0.3 is 14.9 Å². The number of aliphatic carboxylic acids is 1.